The number of hydrogen-bond donors (Lipinski definition) is 3. The average Bonchev–Trinajstić information content (AvgIpc) is 3.32. The van der Waals surface area contributed by atoms with Gasteiger partial charge >= 0.3 is 11.9 Å². The summed E-state index contributed by atoms with van der Waals surface area (Å²) >= 11 is 154. The number of H-pyrrole nitrogens is 2. The number of esters is 2. The van der Waals surface area contributed by atoms with Gasteiger partial charge in [0.2, 0.25) is 30.7 Å². The molecule has 81 heavy (non-hydrogen) atoms. The van der Waals surface area contributed by atoms with Crippen LogP contribution in [0.5, 0.6) is 34.8 Å². The molecule has 0 fully saturated rings. The maximum Gasteiger partial charge on any atom is 0.308 e. The number of rotatable bonds is 7. The normalized spacial score (nSPS) is 11.6. The molecular formula is C39H22Cl27N5O10. The van der Waals surface area contributed by atoms with Gasteiger partial charge < -0.3 is 38.8 Å². The largest absolute Gasteiger partial charge is 0.505 e. The van der Waals surface area contributed by atoms with Gasteiger partial charge in [0, 0.05) is 13.8 Å². The zero-order valence-electron chi connectivity index (χ0n) is 39.1. The molecule has 0 aliphatic carbocycles. The second-order valence-corrected chi connectivity index (χ2v) is 29.4. The molecule has 5 aromatic heterocycles. The van der Waals surface area contributed by atoms with Crippen molar-refractivity contribution >= 4 is 325 Å². The molecule has 0 aliphatic rings. The van der Waals surface area contributed by atoms with E-state index in [0.29, 0.717) is 13.2 Å². The molecule has 0 spiro atoms. The first kappa shape index (κ1) is 80.3. The lowest BCUT2D eigenvalue weighted by Gasteiger charge is -2.18. The van der Waals surface area contributed by atoms with E-state index in [1.807, 2.05) is 0 Å². The number of nitrogens with zero attached hydrogens (tertiary/aromatic N) is 3. The minimum atomic E-state index is -1.98. The van der Waals surface area contributed by atoms with E-state index in [1.165, 1.54) is 14.0 Å². The fourth-order valence-corrected chi connectivity index (χ4v) is 10.6. The van der Waals surface area contributed by atoms with Crippen LogP contribution in [0.25, 0.3) is 0 Å². The molecule has 15 nitrogen and oxygen atoms in total. The van der Waals surface area contributed by atoms with Crippen molar-refractivity contribution < 1.29 is 38.4 Å². The number of ether oxygens (including phenoxy) is 5. The zero-order valence-corrected chi connectivity index (χ0v) is 59.5. The Kier molecular flexibility index (Phi) is 33.7. The number of aromatic hydroxyl groups is 1. The molecule has 5 rings (SSSR count). The highest BCUT2D eigenvalue weighted by molar-refractivity contribution is 6.70. The third-order valence-electron chi connectivity index (χ3n) is 7.76. The molecule has 42 heteroatoms. The molecule has 5 heterocycles. The molecule has 0 radical (unpaired) electrons. The van der Waals surface area contributed by atoms with Crippen LogP contribution in [0.15, 0.2) is 9.59 Å². The summed E-state index contributed by atoms with van der Waals surface area (Å²) in [6.45, 7) is 6.56. The summed E-state index contributed by atoms with van der Waals surface area (Å²) in [6.07, 6.45) is 0. The van der Waals surface area contributed by atoms with Crippen molar-refractivity contribution in [3.05, 3.63) is 110 Å². The molecule has 0 bridgehead atoms. The molecular weight excluding hydrogens is 1660 g/mol. The number of aromatic amines is 2. The molecule has 5 aromatic rings. The van der Waals surface area contributed by atoms with Crippen LogP contribution in [0.1, 0.15) is 56.2 Å². The Hall–Kier alpha value is 1.32. The maximum absolute atomic E-state index is 11.4. The highest BCUT2D eigenvalue weighted by atomic mass is 35.6. The maximum atomic E-state index is 11.4. The summed E-state index contributed by atoms with van der Waals surface area (Å²) < 4.78 is 15.6. The van der Waals surface area contributed by atoms with Gasteiger partial charge in [-0.25, -0.2) is 15.0 Å². The van der Waals surface area contributed by atoms with Crippen molar-refractivity contribution in [3.8, 4) is 34.8 Å². The Labute approximate surface area is 592 Å². The molecule has 0 unspecified atom stereocenters. The first-order valence-corrected chi connectivity index (χ1v) is 29.8. The van der Waals surface area contributed by atoms with Crippen LogP contribution < -0.4 is 34.8 Å². The van der Waals surface area contributed by atoms with Crippen LogP contribution in [0.3, 0.4) is 0 Å². The molecule has 0 atom stereocenters. The van der Waals surface area contributed by atoms with Crippen molar-refractivity contribution in [2.45, 2.75) is 46.7 Å². The van der Waals surface area contributed by atoms with Gasteiger partial charge in [0.25, 0.3) is 11.1 Å². The number of alkyl halides is 15. The number of pyridine rings is 5. The van der Waals surface area contributed by atoms with E-state index in [0.717, 1.165) is 6.92 Å². The average molecular weight is 1680 g/mol. The van der Waals surface area contributed by atoms with Crippen LogP contribution in [0.4, 0.5) is 0 Å². The van der Waals surface area contributed by atoms with Crippen LogP contribution >= 0.6 is 313 Å². The lowest BCUT2D eigenvalue weighted by atomic mass is 10.3. The number of halogens is 27. The van der Waals surface area contributed by atoms with Crippen molar-refractivity contribution in [1.82, 2.24) is 24.9 Å². The third-order valence-corrected chi connectivity index (χ3v) is 15.0. The summed E-state index contributed by atoms with van der Waals surface area (Å²) in [4.78, 5) is 60.3. The van der Waals surface area contributed by atoms with Crippen LogP contribution in [-0.4, -0.2) is 62.3 Å². The SMILES string of the molecule is CC(=O)Oc1c(Cl)c(C(Cl)(Cl)Cl)[nH]c(=O)c1Cl.CCOc1nc(C(Cl)(Cl)Cl)c(Cl)c(OCC)c1Cl.COc1nc(C(Cl)(Cl)Cl)c(Cl)c(OC(C)=O)c1Cl.Clc1nc(C(Cl)(Cl)Cl)c(Cl)c(Cl)c1Cl.O=c1[nH]c(C(Cl)(Cl)Cl)c(Cl)c(O)c1Cl. The Bertz CT molecular complexity index is 3210. The molecule has 0 aromatic carbocycles. The summed E-state index contributed by atoms with van der Waals surface area (Å²) in [5, 5.41) is 7.77. The molecule has 3 N–H and O–H groups in total. The molecule has 0 saturated carbocycles. The monoisotopic (exact) mass is 1660 g/mol. The van der Waals surface area contributed by atoms with Crippen molar-refractivity contribution in [3.63, 3.8) is 0 Å². The minimum Gasteiger partial charge on any atom is -0.505 e. The van der Waals surface area contributed by atoms with Crippen LogP contribution in [0, 0.1) is 0 Å². The van der Waals surface area contributed by atoms with Crippen molar-refractivity contribution in [2.75, 3.05) is 20.3 Å². The van der Waals surface area contributed by atoms with Gasteiger partial charge in [0.1, 0.15) is 62.4 Å². The second-order valence-electron chi connectivity index (χ2n) is 13.5. The van der Waals surface area contributed by atoms with Gasteiger partial charge in [0.15, 0.2) is 23.0 Å². The number of aromatic nitrogens is 5. The topological polar surface area (TPSA) is 205 Å². The van der Waals surface area contributed by atoms with Gasteiger partial charge in [-0.1, -0.05) is 313 Å². The first-order valence-electron chi connectivity index (χ1n) is 19.6. The Balaban J connectivity index is 0.000000508. The van der Waals surface area contributed by atoms with Gasteiger partial charge in [-0.05, 0) is 13.8 Å². The summed E-state index contributed by atoms with van der Waals surface area (Å²) in [6, 6.07) is 0. The van der Waals surface area contributed by atoms with Gasteiger partial charge in [0.05, 0.1) is 46.8 Å². The van der Waals surface area contributed by atoms with E-state index in [9.17, 15) is 24.3 Å². The Morgan fingerprint density at radius 1 is 0.432 bits per heavy atom. The van der Waals surface area contributed by atoms with E-state index in [-0.39, 0.29) is 108 Å². The second kappa shape index (κ2) is 33.9. The third kappa shape index (κ3) is 23.6. The number of nitrogens with one attached hydrogen (secondary N) is 2. The van der Waals surface area contributed by atoms with Gasteiger partial charge in [-0.15, -0.1) is 0 Å². The van der Waals surface area contributed by atoms with E-state index >= 15 is 0 Å². The van der Waals surface area contributed by atoms with E-state index in [4.69, 9.17) is 337 Å². The summed E-state index contributed by atoms with van der Waals surface area (Å²) in [7, 11) is 1.31. The van der Waals surface area contributed by atoms with Crippen LogP contribution in [-0.2, 0) is 28.6 Å². The number of carbonyl (C=O) groups excluding carboxylic acids is 2. The highest BCUT2D eigenvalue weighted by Crippen LogP contribution is 2.51. The van der Waals surface area contributed by atoms with Gasteiger partial charge in [-0.3, -0.25) is 19.2 Å². The van der Waals surface area contributed by atoms with Crippen molar-refractivity contribution in [1.29, 1.82) is 0 Å². The fraction of sp³-hybridized carbons (Fsp3) is 0.308. The Morgan fingerprint density at radius 2 is 0.790 bits per heavy atom. The molecule has 0 saturated heterocycles. The predicted molar refractivity (Wildman–Crippen MR) is 336 cm³/mol. The smallest absolute Gasteiger partial charge is 0.308 e. The Morgan fingerprint density at radius 3 is 1.17 bits per heavy atom. The van der Waals surface area contributed by atoms with E-state index in [2.05, 4.69) is 24.9 Å². The molecule has 452 valence electrons. The zero-order chi connectivity index (χ0) is 63.6. The first-order chi connectivity index (χ1) is 36.6. The van der Waals surface area contributed by atoms with Gasteiger partial charge in [-0.2, -0.15) is 0 Å². The molecule has 0 aliphatic heterocycles. The van der Waals surface area contributed by atoms with Crippen molar-refractivity contribution in [2.24, 2.45) is 0 Å². The summed E-state index contributed by atoms with van der Waals surface area (Å²) in [5.41, 5.74) is -2.20. The summed E-state index contributed by atoms with van der Waals surface area (Å²) in [5.74, 6) is -2.23. The minimum absolute atomic E-state index is 0.00894. The standard InChI is InChI=1S/C10H10Cl5NO2.C9H6Cl5NO3.C8H4Cl5NO3.C6Cl7N.C6H2Cl5NO2/c1-3-17-7-5(11)8(10(13,14)15)16-9(6(7)12)18-4-2;1-3(16)18-6-4(10)7(9(12,13)14)15-8(17-2)5(6)11;1-2(15)17-5-3(9)6(8(11,12)13)14-7(16)4(5)10;7-1-2(8)4(6(11,12)13)14-5(10)3(1)9;7-1-3(13)2(8)5(14)12-4(1)6(9,10)11/h3-4H2,1-2H3;1-2H3;1H3,(H,14,16);;(H2,12,13,14). The quantitative estimate of drug-likeness (QED) is 0.0789. The lowest BCUT2D eigenvalue weighted by molar-refractivity contribution is -0.132. The number of hydrogen-bond acceptors (Lipinski definition) is 13. The number of carbonyl (C=O) groups is 2. The van der Waals surface area contributed by atoms with E-state index in [1.54, 1.807) is 13.8 Å². The van der Waals surface area contributed by atoms with E-state index < -0.39 is 57.8 Å². The van der Waals surface area contributed by atoms with Crippen LogP contribution in [0.2, 0.25) is 60.4 Å². The molecule has 0 amide bonds. The predicted octanol–water partition coefficient (Wildman–Crippen LogP) is 21.3. The number of methoxy groups -OCH3 is 1. The fourth-order valence-electron chi connectivity index (χ4n) is 4.63. The highest BCUT2D eigenvalue weighted by Gasteiger charge is 2.36. The lowest BCUT2D eigenvalue weighted by Crippen LogP contribution is -2.18.